The molecule has 0 spiro atoms. The van der Waals surface area contributed by atoms with Gasteiger partial charge >= 0.3 is 0 Å². The van der Waals surface area contributed by atoms with Crippen LogP contribution in [0.5, 0.6) is 0 Å². The monoisotopic (exact) mass is 302 g/mol. The second kappa shape index (κ2) is 6.54. The van der Waals surface area contributed by atoms with Crippen LogP contribution in [0.15, 0.2) is 29.9 Å². The summed E-state index contributed by atoms with van der Waals surface area (Å²) in [5.41, 5.74) is 1.02. The summed E-state index contributed by atoms with van der Waals surface area (Å²) >= 11 is 1.81. The van der Waals surface area contributed by atoms with Crippen LogP contribution < -0.4 is 10.2 Å². The summed E-state index contributed by atoms with van der Waals surface area (Å²) in [6.07, 6.45) is 7.41. The van der Waals surface area contributed by atoms with Gasteiger partial charge in [0.15, 0.2) is 0 Å². The predicted molar refractivity (Wildman–Crippen MR) is 87.8 cm³/mol. The van der Waals surface area contributed by atoms with E-state index in [1.807, 2.05) is 23.7 Å². The first-order valence-corrected chi connectivity index (χ1v) is 8.40. The van der Waals surface area contributed by atoms with Crippen molar-refractivity contribution >= 4 is 17.2 Å². The van der Waals surface area contributed by atoms with Gasteiger partial charge in [-0.15, -0.1) is 11.3 Å². The molecule has 1 fully saturated rings. The van der Waals surface area contributed by atoms with Crippen molar-refractivity contribution in [1.82, 2.24) is 15.3 Å². The summed E-state index contributed by atoms with van der Waals surface area (Å²) < 4.78 is 0. The summed E-state index contributed by atoms with van der Waals surface area (Å²) in [6.45, 7) is 3.05. The number of nitrogens with one attached hydrogen (secondary N) is 1. The number of aromatic nitrogens is 2. The fourth-order valence-electron chi connectivity index (χ4n) is 2.24. The summed E-state index contributed by atoms with van der Waals surface area (Å²) in [5.74, 6) is 0.939. The molecule has 0 saturated heterocycles. The minimum atomic E-state index is 0.411. The summed E-state index contributed by atoms with van der Waals surface area (Å²) in [7, 11) is 2.09. The molecule has 0 amide bonds. The molecule has 0 bridgehead atoms. The molecule has 1 aliphatic rings. The van der Waals surface area contributed by atoms with Crippen LogP contribution >= 0.6 is 11.3 Å². The van der Waals surface area contributed by atoms with Crippen molar-refractivity contribution in [2.75, 3.05) is 11.9 Å². The maximum atomic E-state index is 4.55. The van der Waals surface area contributed by atoms with E-state index in [9.17, 15) is 0 Å². The molecular formula is C16H22N4S. The quantitative estimate of drug-likeness (QED) is 0.854. The largest absolute Gasteiger partial charge is 0.355 e. The number of nitrogens with zero attached hydrogens (tertiary/aromatic N) is 3. The predicted octanol–water partition coefficient (Wildman–Crippen LogP) is 2.86. The van der Waals surface area contributed by atoms with E-state index in [1.165, 1.54) is 17.7 Å². The number of likely N-dealkylation sites (N-methyl/N-ethyl adjacent to an activating group) is 1. The Labute approximate surface area is 130 Å². The third-order valence-corrected chi connectivity index (χ3v) is 4.84. The maximum absolute atomic E-state index is 4.55. The first-order chi connectivity index (χ1) is 10.2. The molecule has 1 atom stereocenters. The second-order valence-corrected chi connectivity index (χ2v) is 6.80. The molecule has 0 aromatic carbocycles. The van der Waals surface area contributed by atoms with E-state index in [2.05, 4.69) is 51.7 Å². The van der Waals surface area contributed by atoms with Crippen LogP contribution in [0.3, 0.4) is 0 Å². The van der Waals surface area contributed by atoms with Gasteiger partial charge in [0.1, 0.15) is 5.82 Å². The molecule has 1 saturated carbocycles. The van der Waals surface area contributed by atoms with Crippen LogP contribution in [0.1, 0.15) is 30.3 Å². The zero-order chi connectivity index (χ0) is 14.7. The Kier molecular flexibility index (Phi) is 4.51. The minimum Gasteiger partial charge on any atom is -0.355 e. The first kappa shape index (κ1) is 14.5. The Morgan fingerprint density at radius 1 is 1.38 bits per heavy atom. The molecule has 4 nitrogen and oxygen atoms in total. The zero-order valence-electron chi connectivity index (χ0n) is 12.6. The van der Waals surface area contributed by atoms with Crippen molar-refractivity contribution in [3.63, 3.8) is 0 Å². The highest BCUT2D eigenvalue weighted by molar-refractivity contribution is 7.09. The second-order valence-electron chi connectivity index (χ2n) is 5.76. The lowest BCUT2D eigenvalue weighted by Crippen LogP contribution is -2.31. The summed E-state index contributed by atoms with van der Waals surface area (Å²) in [6, 6.07) is 5.41. The van der Waals surface area contributed by atoms with Crippen LogP contribution in [-0.4, -0.2) is 29.1 Å². The number of anilines is 1. The minimum absolute atomic E-state index is 0.411. The van der Waals surface area contributed by atoms with Crippen molar-refractivity contribution in [3.8, 4) is 0 Å². The Morgan fingerprint density at radius 2 is 2.24 bits per heavy atom. The highest BCUT2D eigenvalue weighted by Crippen LogP contribution is 2.19. The molecule has 0 radical (unpaired) electrons. The maximum Gasteiger partial charge on any atom is 0.147 e. The fraction of sp³-hybridized carbons (Fsp3) is 0.500. The van der Waals surface area contributed by atoms with Crippen molar-refractivity contribution in [2.45, 2.75) is 44.8 Å². The first-order valence-electron chi connectivity index (χ1n) is 7.52. The SMILES string of the molecule is CC(Cc1cccs1)N(C)c1cnc(CNC2CC2)cn1. The molecule has 2 aromatic heterocycles. The molecule has 21 heavy (non-hydrogen) atoms. The average molecular weight is 302 g/mol. The number of thiophene rings is 1. The van der Waals surface area contributed by atoms with E-state index in [4.69, 9.17) is 0 Å². The van der Waals surface area contributed by atoms with Crippen LogP contribution in [0, 0.1) is 0 Å². The average Bonchev–Trinajstić information content (AvgIpc) is 3.20. The lowest BCUT2D eigenvalue weighted by atomic mass is 10.2. The van der Waals surface area contributed by atoms with Crippen LogP contribution in [0.25, 0.3) is 0 Å². The molecule has 0 aliphatic heterocycles. The molecule has 2 aromatic rings. The molecule has 1 unspecified atom stereocenters. The van der Waals surface area contributed by atoms with Gasteiger partial charge in [0, 0.05) is 37.0 Å². The van der Waals surface area contributed by atoms with Crippen molar-refractivity contribution in [1.29, 1.82) is 0 Å². The van der Waals surface area contributed by atoms with Crippen LogP contribution in [0.2, 0.25) is 0 Å². The molecule has 2 heterocycles. The van der Waals surface area contributed by atoms with E-state index >= 15 is 0 Å². The third-order valence-electron chi connectivity index (χ3n) is 3.94. The van der Waals surface area contributed by atoms with Gasteiger partial charge in [-0.3, -0.25) is 4.98 Å². The zero-order valence-corrected chi connectivity index (χ0v) is 13.4. The number of hydrogen-bond acceptors (Lipinski definition) is 5. The molecule has 5 heteroatoms. The lowest BCUT2D eigenvalue weighted by molar-refractivity contribution is 0.661. The van der Waals surface area contributed by atoms with E-state index in [0.29, 0.717) is 12.1 Å². The topological polar surface area (TPSA) is 41.1 Å². The highest BCUT2D eigenvalue weighted by atomic mass is 32.1. The van der Waals surface area contributed by atoms with Crippen molar-refractivity contribution < 1.29 is 0 Å². The molecule has 3 rings (SSSR count). The molecular weight excluding hydrogens is 280 g/mol. The van der Waals surface area contributed by atoms with Crippen molar-refractivity contribution in [2.24, 2.45) is 0 Å². The third kappa shape index (κ3) is 4.02. The Balaban J connectivity index is 1.56. The standard InChI is InChI=1S/C16H22N4S/c1-12(8-15-4-3-7-21-15)20(2)16-11-18-14(10-19-16)9-17-13-5-6-13/h3-4,7,10-13,17H,5-6,8-9H2,1-2H3. The summed E-state index contributed by atoms with van der Waals surface area (Å²) in [4.78, 5) is 12.7. The van der Waals surface area contributed by atoms with Crippen molar-refractivity contribution in [3.05, 3.63) is 40.5 Å². The Hall–Kier alpha value is -1.46. The number of rotatable bonds is 7. The Morgan fingerprint density at radius 3 is 2.86 bits per heavy atom. The highest BCUT2D eigenvalue weighted by Gasteiger charge is 2.20. The van der Waals surface area contributed by atoms with E-state index in [0.717, 1.165) is 24.5 Å². The smallest absolute Gasteiger partial charge is 0.147 e. The van der Waals surface area contributed by atoms with Gasteiger partial charge in [-0.2, -0.15) is 0 Å². The van der Waals surface area contributed by atoms with Crippen LogP contribution in [-0.2, 0) is 13.0 Å². The van der Waals surface area contributed by atoms with Gasteiger partial charge in [-0.25, -0.2) is 4.98 Å². The Bertz CT molecular complexity index is 548. The molecule has 1 aliphatic carbocycles. The van der Waals surface area contributed by atoms with Gasteiger partial charge in [0.2, 0.25) is 0 Å². The van der Waals surface area contributed by atoms with E-state index < -0.39 is 0 Å². The van der Waals surface area contributed by atoms with Gasteiger partial charge < -0.3 is 10.2 Å². The van der Waals surface area contributed by atoms with Crippen LogP contribution in [0.4, 0.5) is 5.82 Å². The van der Waals surface area contributed by atoms with Gasteiger partial charge in [0.25, 0.3) is 0 Å². The van der Waals surface area contributed by atoms with Gasteiger partial charge in [-0.1, -0.05) is 6.07 Å². The number of hydrogen-bond donors (Lipinski definition) is 1. The lowest BCUT2D eigenvalue weighted by Gasteiger charge is -2.25. The molecule has 112 valence electrons. The van der Waals surface area contributed by atoms with Gasteiger partial charge in [-0.05, 0) is 31.2 Å². The van der Waals surface area contributed by atoms with E-state index in [-0.39, 0.29) is 0 Å². The van der Waals surface area contributed by atoms with Gasteiger partial charge in [0.05, 0.1) is 18.1 Å². The fourth-order valence-corrected chi connectivity index (χ4v) is 3.07. The summed E-state index contributed by atoms with van der Waals surface area (Å²) in [5, 5.41) is 5.59. The normalized spacial score (nSPS) is 15.9. The molecule has 1 N–H and O–H groups in total. The van der Waals surface area contributed by atoms with E-state index in [1.54, 1.807) is 0 Å².